The zero-order valence-corrected chi connectivity index (χ0v) is 11.1. The van der Waals surface area contributed by atoms with Crippen molar-refractivity contribution in [2.45, 2.75) is 44.7 Å². The van der Waals surface area contributed by atoms with E-state index in [0.29, 0.717) is 12.5 Å². The van der Waals surface area contributed by atoms with Gasteiger partial charge in [-0.2, -0.15) is 0 Å². The van der Waals surface area contributed by atoms with Crippen molar-refractivity contribution in [3.8, 4) is 0 Å². The Kier molecular flexibility index (Phi) is 4.18. The van der Waals surface area contributed by atoms with Crippen molar-refractivity contribution in [3.63, 3.8) is 0 Å². The lowest BCUT2D eigenvalue weighted by molar-refractivity contribution is -0.132. The molecule has 2 atom stereocenters. The molecule has 1 aliphatic rings. The molecule has 94 valence electrons. The van der Waals surface area contributed by atoms with Gasteiger partial charge in [0, 0.05) is 23.9 Å². The highest BCUT2D eigenvalue weighted by atomic mass is 32.1. The van der Waals surface area contributed by atoms with Crippen LogP contribution in [0.5, 0.6) is 0 Å². The van der Waals surface area contributed by atoms with Crippen molar-refractivity contribution >= 4 is 17.2 Å². The lowest BCUT2D eigenvalue weighted by atomic mass is 10.1. The molecule has 3 nitrogen and oxygen atoms in total. The SMILES string of the molecule is CCC(N)CC(=O)N1CCCC1c1cccs1. The Bertz CT molecular complexity index is 364. The fourth-order valence-corrected chi connectivity index (χ4v) is 3.20. The fourth-order valence-electron chi connectivity index (χ4n) is 2.33. The van der Waals surface area contributed by atoms with E-state index in [9.17, 15) is 4.79 Å². The molecule has 4 heteroatoms. The Hall–Kier alpha value is -0.870. The third-order valence-corrected chi connectivity index (χ3v) is 4.38. The molecule has 2 unspecified atom stereocenters. The van der Waals surface area contributed by atoms with Gasteiger partial charge in [0.25, 0.3) is 0 Å². The Labute approximate surface area is 107 Å². The number of hydrogen-bond acceptors (Lipinski definition) is 3. The van der Waals surface area contributed by atoms with Crippen LogP contribution in [0.15, 0.2) is 17.5 Å². The van der Waals surface area contributed by atoms with Crippen LogP contribution in [0.2, 0.25) is 0 Å². The summed E-state index contributed by atoms with van der Waals surface area (Å²) < 4.78 is 0. The van der Waals surface area contributed by atoms with E-state index >= 15 is 0 Å². The summed E-state index contributed by atoms with van der Waals surface area (Å²) in [5, 5.41) is 2.08. The van der Waals surface area contributed by atoms with Gasteiger partial charge in [-0.1, -0.05) is 13.0 Å². The van der Waals surface area contributed by atoms with Crippen LogP contribution in [0.25, 0.3) is 0 Å². The monoisotopic (exact) mass is 252 g/mol. The quantitative estimate of drug-likeness (QED) is 0.895. The van der Waals surface area contributed by atoms with Crippen LogP contribution in [0.4, 0.5) is 0 Å². The van der Waals surface area contributed by atoms with E-state index in [1.54, 1.807) is 11.3 Å². The zero-order valence-electron chi connectivity index (χ0n) is 10.3. The van der Waals surface area contributed by atoms with E-state index in [2.05, 4.69) is 17.5 Å². The second-order valence-corrected chi connectivity index (χ2v) is 5.61. The molecule has 2 heterocycles. The standard InChI is InChI=1S/C13H20N2OS/c1-2-10(14)9-13(16)15-7-3-5-11(15)12-6-4-8-17-12/h4,6,8,10-11H,2-3,5,7,9,14H2,1H3. The van der Waals surface area contributed by atoms with Crippen LogP contribution in [0.1, 0.15) is 43.5 Å². The minimum absolute atomic E-state index is 0.00656. The lowest BCUT2D eigenvalue weighted by Gasteiger charge is -2.25. The molecule has 0 saturated carbocycles. The molecule has 0 aromatic carbocycles. The predicted molar refractivity (Wildman–Crippen MR) is 70.9 cm³/mol. The summed E-state index contributed by atoms with van der Waals surface area (Å²) in [5.41, 5.74) is 5.86. The highest BCUT2D eigenvalue weighted by molar-refractivity contribution is 7.10. The van der Waals surface area contributed by atoms with Gasteiger partial charge in [0.1, 0.15) is 0 Å². The van der Waals surface area contributed by atoms with Crippen molar-refractivity contribution in [1.82, 2.24) is 4.90 Å². The summed E-state index contributed by atoms with van der Waals surface area (Å²) >= 11 is 1.74. The molecule has 1 aromatic heterocycles. The summed E-state index contributed by atoms with van der Waals surface area (Å²) in [7, 11) is 0. The summed E-state index contributed by atoms with van der Waals surface area (Å²) in [6.07, 6.45) is 3.55. The van der Waals surface area contributed by atoms with Crippen LogP contribution < -0.4 is 5.73 Å². The Morgan fingerprint density at radius 3 is 3.18 bits per heavy atom. The van der Waals surface area contributed by atoms with E-state index in [-0.39, 0.29) is 11.9 Å². The van der Waals surface area contributed by atoms with Crippen molar-refractivity contribution in [3.05, 3.63) is 22.4 Å². The first-order valence-corrected chi connectivity index (χ1v) is 7.18. The van der Waals surface area contributed by atoms with E-state index in [4.69, 9.17) is 5.73 Å². The molecule has 17 heavy (non-hydrogen) atoms. The summed E-state index contributed by atoms with van der Waals surface area (Å²) in [5.74, 6) is 0.218. The number of likely N-dealkylation sites (tertiary alicyclic amines) is 1. The van der Waals surface area contributed by atoms with Gasteiger partial charge in [-0.05, 0) is 30.7 Å². The molecule has 0 spiro atoms. The number of carbonyl (C=O) groups is 1. The van der Waals surface area contributed by atoms with Crippen LogP contribution in [0.3, 0.4) is 0 Å². The number of hydrogen-bond donors (Lipinski definition) is 1. The molecular formula is C13H20N2OS. The number of amides is 1. The lowest BCUT2D eigenvalue weighted by Crippen LogP contribution is -2.35. The van der Waals surface area contributed by atoms with Crippen LogP contribution in [-0.2, 0) is 4.79 Å². The van der Waals surface area contributed by atoms with E-state index < -0.39 is 0 Å². The van der Waals surface area contributed by atoms with Crippen LogP contribution in [-0.4, -0.2) is 23.4 Å². The molecule has 0 radical (unpaired) electrons. The number of nitrogens with two attached hydrogens (primary N) is 1. The number of nitrogens with zero attached hydrogens (tertiary/aromatic N) is 1. The third kappa shape index (κ3) is 2.87. The number of thiophene rings is 1. The van der Waals surface area contributed by atoms with Crippen LogP contribution in [0, 0.1) is 0 Å². The van der Waals surface area contributed by atoms with Gasteiger partial charge in [-0.15, -0.1) is 11.3 Å². The van der Waals surface area contributed by atoms with Crippen molar-refractivity contribution in [2.24, 2.45) is 5.73 Å². The van der Waals surface area contributed by atoms with E-state index in [1.807, 2.05) is 11.8 Å². The molecular weight excluding hydrogens is 232 g/mol. The largest absolute Gasteiger partial charge is 0.335 e. The summed E-state index contributed by atoms with van der Waals surface area (Å²) in [6.45, 7) is 2.91. The van der Waals surface area contributed by atoms with Gasteiger partial charge in [0.05, 0.1) is 6.04 Å². The molecule has 0 bridgehead atoms. The Balaban J connectivity index is 2.02. The minimum atomic E-state index is 0.00656. The van der Waals surface area contributed by atoms with Crippen molar-refractivity contribution in [2.75, 3.05) is 6.54 Å². The molecule has 1 fully saturated rings. The maximum Gasteiger partial charge on any atom is 0.224 e. The van der Waals surface area contributed by atoms with Gasteiger partial charge < -0.3 is 10.6 Å². The number of rotatable bonds is 4. The van der Waals surface area contributed by atoms with Gasteiger partial charge in [-0.25, -0.2) is 0 Å². The molecule has 2 N–H and O–H groups in total. The Morgan fingerprint density at radius 1 is 1.71 bits per heavy atom. The van der Waals surface area contributed by atoms with Gasteiger partial charge in [0.15, 0.2) is 0 Å². The first kappa shape index (κ1) is 12.6. The molecule has 1 saturated heterocycles. The van der Waals surface area contributed by atoms with Gasteiger partial charge in [0.2, 0.25) is 5.91 Å². The maximum atomic E-state index is 12.2. The zero-order chi connectivity index (χ0) is 12.3. The summed E-state index contributed by atoms with van der Waals surface area (Å²) in [4.78, 5) is 15.5. The van der Waals surface area contributed by atoms with E-state index in [0.717, 1.165) is 25.8 Å². The van der Waals surface area contributed by atoms with Crippen molar-refractivity contribution in [1.29, 1.82) is 0 Å². The highest BCUT2D eigenvalue weighted by Gasteiger charge is 2.30. The average Bonchev–Trinajstić information content (AvgIpc) is 2.98. The predicted octanol–water partition coefficient (Wildman–Crippen LogP) is 2.54. The Morgan fingerprint density at radius 2 is 2.53 bits per heavy atom. The first-order valence-electron chi connectivity index (χ1n) is 6.30. The normalized spacial score (nSPS) is 21.8. The van der Waals surface area contributed by atoms with E-state index in [1.165, 1.54) is 4.88 Å². The van der Waals surface area contributed by atoms with Gasteiger partial charge >= 0.3 is 0 Å². The molecule has 0 aliphatic carbocycles. The number of carbonyl (C=O) groups excluding carboxylic acids is 1. The fraction of sp³-hybridized carbons (Fsp3) is 0.615. The smallest absolute Gasteiger partial charge is 0.224 e. The second-order valence-electron chi connectivity index (χ2n) is 4.63. The topological polar surface area (TPSA) is 46.3 Å². The molecule has 1 aliphatic heterocycles. The van der Waals surface area contributed by atoms with Gasteiger partial charge in [-0.3, -0.25) is 4.79 Å². The molecule has 1 aromatic rings. The maximum absolute atomic E-state index is 12.2. The highest BCUT2D eigenvalue weighted by Crippen LogP contribution is 2.34. The summed E-state index contributed by atoms with van der Waals surface area (Å²) in [6, 6.07) is 4.48. The third-order valence-electron chi connectivity index (χ3n) is 3.41. The van der Waals surface area contributed by atoms with Crippen molar-refractivity contribution < 1.29 is 4.79 Å². The second kappa shape index (κ2) is 5.65. The first-order chi connectivity index (χ1) is 8.22. The average molecular weight is 252 g/mol. The van der Waals surface area contributed by atoms with Crippen LogP contribution >= 0.6 is 11.3 Å². The molecule has 2 rings (SSSR count). The molecule has 1 amide bonds. The minimum Gasteiger partial charge on any atom is -0.335 e.